The predicted molar refractivity (Wildman–Crippen MR) is 129 cm³/mol. The number of hydrogen-bond acceptors (Lipinski definition) is 3. The van der Waals surface area contributed by atoms with Gasteiger partial charge in [-0.3, -0.25) is 0 Å². The van der Waals surface area contributed by atoms with Crippen LogP contribution in [0.3, 0.4) is 0 Å². The van der Waals surface area contributed by atoms with Gasteiger partial charge in [0.15, 0.2) is 0 Å². The Morgan fingerprint density at radius 3 is 2.19 bits per heavy atom. The van der Waals surface area contributed by atoms with Crippen LogP contribution in [0.5, 0.6) is 5.75 Å². The van der Waals surface area contributed by atoms with Crippen molar-refractivity contribution in [3.05, 3.63) is 75.8 Å². The Bertz CT molecular complexity index is 985. The molecular formula is C28H36O3. The van der Waals surface area contributed by atoms with Gasteiger partial charge in [-0.25, -0.2) is 4.79 Å². The van der Waals surface area contributed by atoms with Gasteiger partial charge in [0.2, 0.25) is 0 Å². The average molecular weight is 421 g/mol. The molecule has 0 bridgehead atoms. The zero-order chi connectivity index (χ0) is 21.9. The lowest BCUT2D eigenvalue weighted by molar-refractivity contribution is 0.305. The second-order valence-corrected chi connectivity index (χ2v) is 8.43. The minimum atomic E-state index is -0.282. The van der Waals surface area contributed by atoms with E-state index in [9.17, 15) is 4.79 Å². The topological polar surface area (TPSA) is 39.4 Å². The van der Waals surface area contributed by atoms with Gasteiger partial charge in [-0.2, -0.15) is 0 Å². The Hall–Kier alpha value is -2.55. The molecule has 3 heteroatoms. The molecule has 0 radical (unpaired) electrons. The van der Waals surface area contributed by atoms with Gasteiger partial charge in [-0.05, 0) is 60.4 Å². The Labute approximate surface area is 186 Å². The van der Waals surface area contributed by atoms with Crippen molar-refractivity contribution in [1.29, 1.82) is 0 Å². The fourth-order valence-corrected chi connectivity index (χ4v) is 3.87. The van der Waals surface area contributed by atoms with Crippen molar-refractivity contribution in [3.8, 4) is 5.75 Å². The van der Waals surface area contributed by atoms with Gasteiger partial charge >= 0.3 is 5.63 Å². The lowest BCUT2D eigenvalue weighted by Crippen LogP contribution is -2.04. The summed E-state index contributed by atoms with van der Waals surface area (Å²) >= 11 is 0. The molecule has 3 nitrogen and oxygen atoms in total. The number of fused-ring (bicyclic) bond motifs is 1. The number of hydrogen-bond donors (Lipinski definition) is 0. The Kier molecular flexibility index (Phi) is 9.20. The number of unbranched alkanes of at least 4 members (excludes halogenated alkanes) is 5. The second kappa shape index (κ2) is 12.3. The van der Waals surface area contributed by atoms with E-state index in [1.165, 1.54) is 49.7 Å². The summed E-state index contributed by atoms with van der Waals surface area (Å²) < 4.78 is 11.4. The molecule has 3 rings (SSSR count). The molecule has 2 aromatic carbocycles. The molecule has 0 fully saturated rings. The molecule has 0 atom stereocenters. The zero-order valence-corrected chi connectivity index (χ0v) is 19.1. The SMILES string of the molecule is CCCCCCOc1ccc2cc(CCc3ccc(CCCCC)cc3)oc(=O)c2c1. The van der Waals surface area contributed by atoms with Gasteiger partial charge in [-0.15, -0.1) is 0 Å². The van der Waals surface area contributed by atoms with Crippen LogP contribution < -0.4 is 10.4 Å². The summed E-state index contributed by atoms with van der Waals surface area (Å²) in [7, 11) is 0. The van der Waals surface area contributed by atoms with Gasteiger partial charge < -0.3 is 9.15 Å². The van der Waals surface area contributed by atoms with E-state index in [1.54, 1.807) is 0 Å². The highest BCUT2D eigenvalue weighted by Crippen LogP contribution is 2.21. The van der Waals surface area contributed by atoms with Crippen LogP contribution in [0.2, 0.25) is 0 Å². The number of benzene rings is 2. The van der Waals surface area contributed by atoms with Crippen molar-refractivity contribution < 1.29 is 9.15 Å². The third-order valence-electron chi connectivity index (χ3n) is 5.80. The summed E-state index contributed by atoms with van der Waals surface area (Å²) in [5, 5.41) is 1.50. The van der Waals surface area contributed by atoms with Gasteiger partial charge in [0.1, 0.15) is 11.5 Å². The van der Waals surface area contributed by atoms with Crippen LogP contribution in [0.1, 0.15) is 75.7 Å². The first-order valence-corrected chi connectivity index (χ1v) is 12.0. The van der Waals surface area contributed by atoms with Crippen molar-refractivity contribution in [2.75, 3.05) is 6.61 Å². The molecule has 0 aliphatic rings. The van der Waals surface area contributed by atoms with E-state index in [-0.39, 0.29) is 5.63 Å². The second-order valence-electron chi connectivity index (χ2n) is 8.43. The van der Waals surface area contributed by atoms with Crippen LogP contribution in [-0.4, -0.2) is 6.61 Å². The number of ether oxygens (including phenoxy) is 1. The van der Waals surface area contributed by atoms with E-state index in [1.807, 2.05) is 24.3 Å². The minimum Gasteiger partial charge on any atom is -0.494 e. The standard InChI is InChI=1S/C28H36O3/c1-3-5-7-9-19-30-25-18-16-24-20-26(31-28(29)27(24)21-25)17-15-23-13-11-22(12-14-23)10-8-6-4-2/h11-14,16,18,20-21H,3-10,15,17,19H2,1-2H3. The predicted octanol–water partition coefficient (Wildman–Crippen LogP) is 7.27. The van der Waals surface area contributed by atoms with Crippen molar-refractivity contribution in [1.82, 2.24) is 0 Å². The van der Waals surface area contributed by atoms with Crippen LogP contribution in [0.15, 0.2) is 57.7 Å². The molecule has 0 saturated heterocycles. The lowest BCUT2D eigenvalue weighted by Gasteiger charge is -2.08. The van der Waals surface area contributed by atoms with Crippen molar-refractivity contribution in [3.63, 3.8) is 0 Å². The summed E-state index contributed by atoms with van der Waals surface area (Å²) in [4.78, 5) is 12.5. The first kappa shape index (κ1) is 23.1. The first-order chi connectivity index (χ1) is 15.2. The van der Waals surface area contributed by atoms with Crippen LogP contribution >= 0.6 is 0 Å². The monoisotopic (exact) mass is 420 g/mol. The Morgan fingerprint density at radius 2 is 1.45 bits per heavy atom. The molecule has 0 amide bonds. The number of aryl methyl sites for hydroxylation is 3. The molecule has 31 heavy (non-hydrogen) atoms. The highest BCUT2D eigenvalue weighted by Gasteiger charge is 2.07. The largest absolute Gasteiger partial charge is 0.494 e. The third kappa shape index (κ3) is 7.27. The van der Waals surface area contributed by atoms with E-state index in [0.29, 0.717) is 12.0 Å². The quantitative estimate of drug-likeness (QED) is 0.273. The first-order valence-electron chi connectivity index (χ1n) is 12.0. The molecular weight excluding hydrogens is 384 g/mol. The van der Waals surface area contributed by atoms with Gasteiger partial charge in [0, 0.05) is 6.42 Å². The smallest absolute Gasteiger partial charge is 0.343 e. The van der Waals surface area contributed by atoms with E-state index < -0.39 is 0 Å². The molecule has 1 heterocycles. The molecule has 0 unspecified atom stereocenters. The maximum Gasteiger partial charge on any atom is 0.343 e. The molecule has 3 aromatic rings. The van der Waals surface area contributed by atoms with E-state index in [4.69, 9.17) is 9.15 Å². The Balaban J connectivity index is 1.58. The molecule has 166 valence electrons. The molecule has 0 spiro atoms. The lowest BCUT2D eigenvalue weighted by atomic mass is 10.0. The summed E-state index contributed by atoms with van der Waals surface area (Å²) in [5.74, 6) is 1.47. The fourth-order valence-electron chi connectivity index (χ4n) is 3.87. The van der Waals surface area contributed by atoms with Crippen LogP contribution in [-0.2, 0) is 19.3 Å². The van der Waals surface area contributed by atoms with Gasteiger partial charge in [0.05, 0.1) is 12.0 Å². The highest BCUT2D eigenvalue weighted by molar-refractivity contribution is 5.82. The average Bonchev–Trinajstić information content (AvgIpc) is 2.79. The van der Waals surface area contributed by atoms with Crippen LogP contribution in [0, 0.1) is 0 Å². The number of rotatable bonds is 13. The van der Waals surface area contributed by atoms with E-state index >= 15 is 0 Å². The maximum absolute atomic E-state index is 12.5. The highest BCUT2D eigenvalue weighted by atomic mass is 16.5. The Morgan fingerprint density at radius 1 is 0.742 bits per heavy atom. The van der Waals surface area contributed by atoms with Crippen LogP contribution in [0.25, 0.3) is 10.8 Å². The molecule has 0 N–H and O–H groups in total. The van der Waals surface area contributed by atoms with Crippen molar-refractivity contribution in [2.24, 2.45) is 0 Å². The van der Waals surface area contributed by atoms with Gasteiger partial charge in [-0.1, -0.05) is 76.3 Å². The van der Waals surface area contributed by atoms with Gasteiger partial charge in [0.25, 0.3) is 0 Å². The normalized spacial score (nSPS) is 11.2. The summed E-state index contributed by atoms with van der Waals surface area (Å²) in [6.07, 6.45) is 11.2. The summed E-state index contributed by atoms with van der Waals surface area (Å²) in [6.45, 7) is 5.12. The summed E-state index contributed by atoms with van der Waals surface area (Å²) in [5.41, 5.74) is 2.39. The van der Waals surface area contributed by atoms with Crippen molar-refractivity contribution in [2.45, 2.75) is 78.1 Å². The van der Waals surface area contributed by atoms with Crippen molar-refractivity contribution >= 4 is 10.8 Å². The third-order valence-corrected chi connectivity index (χ3v) is 5.80. The summed E-state index contributed by atoms with van der Waals surface area (Å²) in [6, 6.07) is 16.6. The van der Waals surface area contributed by atoms with E-state index in [0.717, 1.165) is 42.6 Å². The molecule has 0 aliphatic heterocycles. The molecule has 0 aliphatic carbocycles. The fraction of sp³-hybridized carbons (Fsp3) is 0.464. The molecule has 1 aromatic heterocycles. The zero-order valence-electron chi connectivity index (χ0n) is 19.1. The minimum absolute atomic E-state index is 0.282. The van der Waals surface area contributed by atoms with Crippen LogP contribution in [0.4, 0.5) is 0 Å². The maximum atomic E-state index is 12.5. The molecule has 0 saturated carbocycles. The van der Waals surface area contributed by atoms with E-state index in [2.05, 4.69) is 38.1 Å².